The molecule has 1 heterocycles. The van der Waals surface area contributed by atoms with Gasteiger partial charge < -0.3 is 14.2 Å². The first-order valence-corrected chi connectivity index (χ1v) is 21.3. The number of carbonyl (C=O) groups excluding carboxylic acids is 4. The molecule has 0 spiro atoms. The van der Waals surface area contributed by atoms with E-state index in [9.17, 15) is 19.2 Å². The molecule has 1 aliphatic heterocycles. The zero-order valence-electron chi connectivity index (χ0n) is 34.8. The molecule has 0 unspecified atom stereocenters. The van der Waals surface area contributed by atoms with Crippen LogP contribution in [-0.2, 0) is 40.0 Å². The predicted octanol–water partition coefficient (Wildman–Crippen LogP) is 13.2. The van der Waals surface area contributed by atoms with E-state index in [0.29, 0.717) is 36.4 Å². The van der Waals surface area contributed by atoms with Crippen LogP contribution >= 0.6 is 0 Å². The smallest absolute Gasteiger partial charge is 0.342 e. The van der Waals surface area contributed by atoms with Gasteiger partial charge in [-0.3, -0.25) is 0 Å². The maximum absolute atomic E-state index is 11.2. The minimum Gasteiger partial charge on any atom is -0.462 e. The summed E-state index contributed by atoms with van der Waals surface area (Å²) in [5.41, 5.74) is 2.45. The van der Waals surface area contributed by atoms with Crippen molar-refractivity contribution in [1.82, 2.24) is 0 Å². The molecule has 1 aliphatic rings. The third-order valence-electron chi connectivity index (χ3n) is 9.19. The highest BCUT2D eigenvalue weighted by molar-refractivity contribution is 6.08. The van der Waals surface area contributed by atoms with Gasteiger partial charge in [0.15, 0.2) is 0 Å². The lowest BCUT2D eigenvalue weighted by Crippen LogP contribution is -2.05. The zero-order chi connectivity index (χ0) is 40.1. The summed E-state index contributed by atoms with van der Waals surface area (Å²) in [6.45, 7) is 15.7. The Morgan fingerprint density at radius 2 is 0.944 bits per heavy atom. The summed E-state index contributed by atoms with van der Waals surface area (Å²) >= 11 is 0. The van der Waals surface area contributed by atoms with Crippen LogP contribution < -0.4 is 0 Å². The number of unbranched alkanes of at least 4 members (excludes halogenated alkanes) is 22. The fourth-order valence-corrected chi connectivity index (χ4v) is 5.80. The molecule has 306 valence electrons. The lowest BCUT2D eigenvalue weighted by Gasteiger charge is -2.04. The summed E-state index contributed by atoms with van der Waals surface area (Å²) in [7, 11) is 0. The van der Waals surface area contributed by atoms with Gasteiger partial charge in [0.1, 0.15) is 6.61 Å². The number of rotatable bonds is 30. The lowest BCUT2D eigenvalue weighted by molar-refractivity contribution is -0.151. The topological polar surface area (TPSA) is 96.0 Å². The van der Waals surface area contributed by atoms with Gasteiger partial charge in [-0.1, -0.05) is 199 Å². The van der Waals surface area contributed by atoms with Crippen molar-refractivity contribution in [2.24, 2.45) is 0 Å². The molecule has 0 radical (unpaired) electrons. The quantitative estimate of drug-likeness (QED) is 0.0254. The van der Waals surface area contributed by atoms with Crippen molar-refractivity contribution in [2.75, 3.05) is 6.61 Å². The summed E-state index contributed by atoms with van der Waals surface area (Å²) in [4.78, 5) is 44.2. The average Bonchev–Trinajstić information content (AvgIpc) is 3.49. The highest BCUT2D eigenvalue weighted by Gasteiger charge is 2.22. The van der Waals surface area contributed by atoms with E-state index in [1.165, 1.54) is 141 Å². The van der Waals surface area contributed by atoms with E-state index in [2.05, 4.69) is 31.7 Å². The Morgan fingerprint density at radius 3 is 1.33 bits per heavy atom. The molecule has 0 N–H and O–H groups in total. The molecule has 1 aromatic rings. The Bertz CT molecular complexity index is 1180. The monoisotopic (exact) mass is 753 g/mol. The first kappa shape index (κ1) is 50.5. The Morgan fingerprint density at radius 1 is 0.556 bits per heavy atom. The van der Waals surface area contributed by atoms with Crippen LogP contribution in [0, 0.1) is 0 Å². The molecule has 2 rings (SSSR count). The summed E-state index contributed by atoms with van der Waals surface area (Å²) in [5.74, 6) is -1.55. The van der Waals surface area contributed by atoms with Crippen molar-refractivity contribution in [2.45, 2.75) is 195 Å². The fourth-order valence-electron chi connectivity index (χ4n) is 5.80. The number of ether oxygens (including phenoxy) is 3. The normalized spacial score (nSPS) is 11.7. The number of benzene rings is 1. The first-order chi connectivity index (χ1) is 26.1. The minimum absolute atomic E-state index is 0.256. The zero-order valence-corrected chi connectivity index (χ0v) is 34.8. The first-order valence-electron chi connectivity index (χ1n) is 21.3. The largest absolute Gasteiger partial charge is 0.462 e. The van der Waals surface area contributed by atoms with Crippen LogP contribution in [-0.4, -0.2) is 30.5 Å². The second-order valence-corrected chi connectivity index (χ2v) is 14.7. The van der Waals surface area contributed by atoms with Crippen LogP contribution in [0.3, 0.4) is 0 Å². The van der Waals surface area contributed by atoms with Crippen molar-refractivity contribution in [3.8, 4) is 0 Å². The molecule has 7 nitrogen and oxygen atoms in total. The molecule has 0 aromatic heterocycles. The van der Waals surface area contributed by atoms with Gasteiger partial charge in [0.25, 0.3) is 0 Å². The third-order valence-corrected chi connectivity index (χ3v) is 9.19. The Labute approximate surface area is 329 Å². The molecule has 54 heavy (non-hydrogen) atoms. The van der Waals surface area contributed by atoms with Gasteiger partial charge in [-0.2, -0.15) is 0 Å². The lowest BCUT2D eigenvalue weighted by atomic mass is 10.0. The van der Waals surface area contributed by atoms with Crippen LogP contribution in [0.15, 0.2) is 66.3 Å². The van der Waals surface area contributed by atoms with Crippen LogP contribution in [0.4, 0.5) is 0 Å². The van der Waals surface area contributed by atoms with Crippen molar-refractivity contribution in [3.05, 3.63) is 71.8 Å². The van der Waals surface area contributed by atoms with Crippen molar-refractivity contribution in [3.63, 3.8) is 0 Å². The second kappa shape index (κ2) is 36.5. The highest BCUT2D eigenvalue weighted by Crippen LogP contribution is 2.18. The van der Waals surface area contributed by atoms with Gasteiger partial charge in [-0.05, 0) is 38.7 Å². The number of esters is 4. The summed E-state index contributed by atoms with van der Waals surface area (Å²) < 4.78 is 14.5. The molecule has 0 atom stereocenters. The SMILES string of the molecule is C=C(C)C(=O)OCCCCCCCCCCCCCC.C=C(C)C(=O)OCc1ccccc1.CCCCCCCCCCCCCCC1=CC(=O)OC1=O. The van der Waals surface area contributed by atoms with Gasteiger partial charge in [0.05, 0.1) is 6.61 Å². The number of cyclic esters (lactones) is 2. The van der Waals surface area contributed by atoms with E-state index >= 15 is 0 Å². The molecule has 0 aliphatic carbocycles. The fraction of sp³-hybridized carbons (Fsp3) is 0.660. The van der Waals surface area contributed by atoms with Gasteiger partial charge in [-0.15, -0.1) is 0 Å². The summed E-state index contributed by atoms with van der Waals surface area (Å²) in [6.07, 6.45) is 33.5. The highest BCUT2D eigenvalue weighted by atomic mass is 16.6. The van der Waals surface area contributed by atoms with E-state index < -0.39 is 11.9 Å². The Hall–Kier alpha value is -3.48. The second-order valence-electron chi connectivity index (χ2n) is 14.7. The van der Waals surface area contributed by atoms with Gasteiger partial charge in [0.2, 0.25) is 0 Å². The number of hydrogen-bond donors (Lipinski definition) is 0. The van der Waals surface area contributed by atoms with Crippen LogP contribution in [0.1, 0.15) is 194 Å². The van der Waals surface area contributed by atoms with Gasteiger partial charge >= 0.3 is 23.9 Å². The van der Waals surface area contributed by atoms with E-state index in [0.717, 1.165) is 24.8 Å². The Balaban J connectivity index is 0.000000801. The van der Waals surface area contributed by atoms with Crippen LogP contribution in [0.5, 0.6) is 0 Å². The van der Waals surface area contributed by atoms with Crippen molar-refractivity contribution < 1.29 is 33.4 Å². The standard InChI is InChI=1S/C18H30O3.C18H34O2.C11H12O2/c1-2-3-4-5-6-7-8-9-10-11-12-13-14-16-15-17(19)21-18(16)20;1-4-5-6-7-8-9-10-11-12-13-14-15-16-20-18(19)17(2)3;1-9(2)11(12)13-8-10-6-4-3-5-7-10/h15H,2-14H2,1H3;2,4-16H2,1,3H3;3-7H,1,8H2,2H3. The molecular weight excluding hydrogens is 677 g/mol. The predicted molar refractivity (Wildman–Crippen MR) is 223 cm³/mol. The molecule has 0 saturated heterocycles. The van der Waals surface area contributed by atoms with Crippen molar-refractivity contribution in [1.29, 1.82) is 0 Å². The van der Waals surface area contributed by atoms with Gasteiger partial charge in [0, 0.05) is 22.8 Å². The molecule has 7 heteroatoms. The maximum atomic E-state index is 11.2. The summed E-state index contributed by atoms with van der Waals surface area (Å²) in [5, 5.41) is 0. The minimum atomic E-state index is -0.506. The van der Waals surface area contributed by atoms with Crippen LogP contribution in [0.25, 0.3) is 0 Å². The van der Waals surface area contributed by atoms with E-state index in [-0.39, 0.29) is 11.9 Å². The van der Waals surface area contributed by atoms with Crippen LogP contribution in [0.2, 0.25) is 0 Å². The van der Waals surface area contributed by atoms with Gasteiger partial charge in [-0.25, -0.2) is 19.2 Å². The van der Waals surface area contributed by atoms with E-state index in [4.69, 9.17) is 9.47 Å². The molecule has 0 amide bonds. The Kier molecular flexibility index (Phi) is 34.1. The molecular formula is C47H76O7. The average molecular weight is 753 g/mol. The van der Waals surface area contributed by atoms with E-state index in [1.807, 2.05) is 30.3 Å². The molecule has 0 saturated carbocycles. The van der Waals surface area contributed by atoms with Crippen molar-refractivity contribution >= 4 is 23.9 Å². The van der Waals surface area contributed by atoms with E-state index in [1.54, 1.807) is 13.8 Å². The molecule has 0 bridgehead atoms. The molecule has 1 aromatic carbocycles. The number of hydrogen-bond acceptors (Lipinski definition) is 7. The number of carbonyl (C=O) groups is 4. The maximum Gasteiger partial charge on any atom is 0.342 e. The third kappa shape index (κ3) is 32.0. The molecule has 0 fully saturated rings. The summed E-state index contributed by atoms with van der Waals surface area (Å²) in [6, 6.07) is 9.55.